The van der Waals surface area contributed by atoms with E-state index in [1.807, 2.05) is 0 Å². The maximum absolute atomic E-state index is 12.1. The molecule has 19 heavy (non-hydrogen) atoms. The average Bonchev–Trinajstić information content (AvgIpc) is 2.41. The molecule has 1 heterocycles. The smallest absolute Gasteiger partial charge is 0.260 e. The van der Waals surface area contributed by atoms with Gasteiger partial charge in [-0.05, 0) is 18.2 Å². The van der Waals surface area contributed by atoms with E-state index in [1.165, 1.54) is 25.6 Å². The monoisotopic (exact) mass is 297 g/mol. The maximum atomic E-state index is 12.1. The first-order valence-electron chi connectivity index (χ1n) is 5.22. The zero-order valence-electron chi connectivity index (χ0n) is 9.85. The molecule has 1 N–H and O–H groups in total. The molecule has 0 aliphatic carbocycles. The van der Waals surface area contributed by atoms with Gasteiger partial charge in [-0.3, -0.25) is 4.79 Å². The third-order valence-electron chi connectivity index (χ3n) is 2.27. The maximum Gasteiger partial charge on any atom is 0.260 e. The van der Waals surface area contributed by atoms with Gasteiger partial charge in [-0.2, -0.15) is 0 Å². The number of hydrogen-bond acceptors (Lipinski definition) is 4. The lowest BCUT2D eigenvalue weighted by molar-refractivity contribution is 0.102. The first kappa shape index (κ1) is 13.6. The van der Waals surface area contributed by atoms with Crippen molar-refractivity contribution in [3.63, 3.8) is 0 Å². The molecule has 1 amide bonds. The molecule has 0 saturated carbocycles. The molecule has 98 valence electrons. The van der Waals surface area contributed by atoms with E-state index in [9.17, 15) is 4.79 Å². The number of ether oxygens (including phenoxy) is 1. The lowest BCUT2D eigenvalue weighted by atomic mass is 10.2. The van der Waals surface area contributed by atoms with Crippen LogP contribution in [0.3, 0.4) is 0 Å². The summed E-state index contributed by atoms with van der Waals surface area (Å²) in [7, 11) is 1.47. The molecule has 5 nitrogen and oxygen atoms in total. The van der Waals surface area contributed by atoms with Crippen molar-refractivity contribution in [2.75, 3.05) is 12.4 Å². The molecule has 0 aliphatic rings. The molecule has 0 radical (unpaired) electrons. The molecule has 2 aromatic rings. The molecule has 0 unspecified atom stereocenters. The summed E-state index contributed by atoms with van der Waals surface area (Å²) < 4.78 is 5.10. The van der Waals surface area contributed by atoms with Crippen molar-refractivity contribution in [1.82, 2.24) is 9.97 Å². The molecule has 0 saturated heterocycles. The number of hydrogen-bond donors (Lipinski definition) is 1. The normalized spacial score (nSPS) is 10.1. The van der Waals surface area contributed by atoms with Gasteiger partial charge in [0.15, 0.2) is 5.82 Å². The van der Waals surface area contributed by atoms with E-state index in [-0.39, 0.29) is 11.0 Å². The van der Waals surface area contributed by atoms with E-state index in [0.29, 0.717) is 16.3 Å². The van der Waals surface area contributed by atoms with Gasteiger partial charge in [0.1, 0.15) is 10.9 Å². The summed E-state index contributed by atoms with van der Waals surface area (Å²) in [6.45, 7) is 0. The summed E-state index contributed by atoms with van der Waals surface area (Å²) in [5.41, 5.74) is 0.312. The van der Waals surface area contributed by atoms with Crippen molar-refractivity contribution in [3.05, 3.63) is 46.3 Å². The first-order valence-corrected chi connectivity index (χ1v) is 5.98. The largest absolute Gasteiger partial charge is 0.496 e. The highest BCUT2D eigenvalue weighted by atomic mass is 35.5. The Hall–Kier alpha value is -1.85. The molecule has 7 heteroatoms. The van der Waals surface area contributed by atoms with Crippen LogP contribution in [0, 0.1) is 0 Å². The van der Waals surface area contributed by atoms with Gasteiger partial charge in [0.25, 0.3) is 5.91 Å². The number of nitrogens with one attached hydrogen (secondary N) is 1. The molecular formula is C12H9Cl2N3O2. The second kappa shape index (κ2) is 5.86. The molecule has 1 aromatic heterocycles. The topological polar surface area (TPSA) is 64.1 Å². The Balaban J connectivity index is 2.24. The van der Waals surface area contributed by atoms with Gasteiger partial charge in [-0.25, -0.2) is 9.97 Å². The van der Waals surface area contributed by atoms with Crippen LogP contribution >= 0.6 is 23.2 Å². The van der Waals surface area contributed by atoms with Crippen molar-refractivity contribution in [1.29, 1.82) is 0 Å². The summed E-state index contributed by atoms with van der Waals surface area (Å²) in [4.78, 5) is 19.8. The second-order valence-electron chi connectivity index (χ2n) is 3.52. The van der Waals surface area contributed by atoms with E-state index in [2.05, 4.69) is 15.3 Å². The van der Waals surface area contributed by atoms with Crippen LogP contribution in [0.2, 0.25) is 10.2 Å². The minimum atomic E-state index is -0.393. The van der Waals surface area contributed by atoms with Crippen LogP contribution in [-0.2, 0) is 0 Å². The minimum absolute atomic E-state index is 0.248. The third kappa shape index (κ3) is 3.33. The van der Waals surface area contributed by atoms with Gasteiger partial charge in [0, 0.05) is 5.02 Å². The number of rotatable bonds is 3. The van der Waals surface area contributed by atoms with E-state index in [0.717, 1.165) is 0 Å². The fourth-order valence-electron chi connectivity index (χ4n) is 1.42. The number of carbonyl (C=O) groups is 1. The van der Waals surface area contributed by atoms with Crippen LogP contribution in [0.25, 0.3) is 0 Å². The van der Waals surface area contributed by atoms with E-state index >= 15 is 0 Å². The molecule has 0 fully saturated rings. The predicted octanol–water partition coefficient (Wildman–Crippen LogP) is 3.04. The summed E-state index contributed by atoms with van der Waals surface area (Å²) in [6.07, 6.45) is 2.70. The summed E-state index contributed by atoms with van der Waals surface area (Å²) in [5, 5.41) is 3.26. The zero-order chi connectivity index (χ0) is 13.8. The van der Waals surface area contributed by atoms with Crippen molar-refractivity contribution in [3.8, 4) is 5.75 Å². The average molecular weight is 298 g/mol. The number of amides is 1. The highest BCUT2D eigenvalue weighted by Gasteiger charge is 2.13. The fraction of sp³-hybridized carbons (Fsp3) is 0.0833. The molecular weight excluding hydrogens is 289 g/mol. The Morgan fingerprint density at radius 1 is 1.26 bits per heavy atom. The lowest BCUT2D eigenvalue weighted by Crippen LogP contribution is -2.14. The van der Waals surface area contributed by atoms with Crippen molar-refractivity contribution < 1.29 is 9.53 Å². The summed E-state index contributed by atoms with van der Waals surface area (Å²) in [5.74, 6) is 0.316. The van der Waals surface area contributed by atoms with Crippen LogP contribution in [0.15, 0.2) is 30.6 Å². The van der Waals surface area contributed by atoms with Gasteiger partial charge in [0.2, 0.25) is 0 Å². The van der Waals surface area contributed by atoms with E-state index in [4.69, 9.17) is 27.9 Å². The molecule has 0 aliphatic heterocycles. The standard InChI is InChI=1S/C12H9Cl2N3O2/c1-19-9-3-2-7(13)4-8(9)12(18)17-11-6-15-10(14)5-16-11/h2-6H,1H3,(H,16,17,18). The van der Waals surface area contributed by atoms with Crippen molar-refractivity contribution in [2.45, 2.75) is 0 Å². The number of methoxy groups -OCH3 is 1. The van der Waals surface area contributed by atoms with Gasteiger partial charge >= 0.3 is 0 Å². The van der Waals surface area contributed by atoms with Crippen molar-refractivity contribution in [2.24, 2.45) is 0 Å². The molecule has 0 spiro atoms. The number of benzene rings is 1. The quantitative estimate of drug-likeness (QED) is 0.946. The molecule has 1 aromatic carbocycles. The van der Waals surface area contributed by atoms with Crippen LogP contribution in [-0.4, -0.2) is 23.0 Å². The number of halogens is 2. The zero-order valence-corrected chi connectivity index (χ0v) is 11.4. The lowest BCUT2D eigenvalue weighted by Gasteiger charge is -2.09. The summed E-state index contributed by atoms with van der Waals surface area (Å²) >= 11 is 11.5. The Kier molecular flexibility index (Phi) is 4.19. The van der Waals surface area contributed by atoms with Gasteiger partial charge in [0.05, 0.1) is 25.1 Å². The van der Waals surface area contributed by atoms with E-state index < -0.39 is 5.91 Å². The molecule has 0 bridgehead atoms. The number of nitrogens with zero attached hydrogens (tertiary/aromatic N) is 2. The number of anilines is 1. The number of aromatic nitrogens is 2. The second-order valence-corrected chi connectivity index (χ2v) is 4.35. The Morgan fingerprint density at radius 2 is 2.05 bits per heavy atom. The Labute approximate surface area is 119 Å². The SMILES string of the molecule is COc1ccc(Cl)cc1C(=O)Nc1cnc(Cl)cn1. The molecule has 0 atom stereocenters. The van der Waals surface area contributed by atoms with Gasteiger partial charge in [-0.15, -0.1) is 0 Å². The Morgan fingerprint density at radius 3 is 2.68 bits per heavy atom. The molecule has 2 rings (SSSR count). The number of carbonyl (C=O) groups excluding carboxylic acids is 1. The van der Waals surface area contributed by atoms with Crippen LogP contribution in [0.4, 0.5) is 5.82 Å². The third-order valence-corrected chi connectivity index (χ3v) is 2.70. The first-order chi connectivity index (χ1) is 9.10. The fourth-order valence-corrected chi connectivity index (χ4v) is 1.69. The van der Waals surface area contributed by atoms with Crippen molar-refractivity contribution >= 4 is 34.9 Å². The van der Waals surface area contributed by atoms with Crippen LogP contribution in [0.5, 0.6) is 5.75 Å². The predicted molar refractivity (Wildman–Crippen MR) is 73.0 cm³/mol. The highest BCUT2D eigenvalue weighted by molar-refractivity contribution is 6.31. The highest BCUT2D eigenvalue weighted by Crippen LogP contribution is 2.23. The summed E-state index contributed by atoms with van der Waals surface area (Å²) in [6, 6.07) is 4.77. The van der Waals surface area contributed by atoms with E-state index in [1.54, 1.807) is 12.1 Å². The van der Waals surface area contributed by atoms with Gasteiger partial charge in [-0.1, -0.05) is 23.2 Å². The Bertz CT molecular complexity index is 602. The van der Waals surface area contributed by atoms with Gasteiger partial charge < -0.3 is 10.1 Å². The van der Waals surface area contributed by atoms with Crippen LogP contribution < -0.4 is 10.1 Å². The van der Waals surface area contributed by atoms with Crippen LogP contribution in [0.1, 0.15) is 10.4 Å². The minimum Gasteiger partial charge on any atom is -0.496 e.